The molecule has 0 saturated heterocycles. The topological polar surface area (TPSA) is 69.0 Å². The number of carbonyl (C=O) groups is 1. The summed E-state index contributed by atoms with van der Waals surface area (Å²) in [6, 6.07) is 18.2. The van der Waals surface area contributed by atoms with Crippen LogP contribution in [0.1, 0.15) is 37.9 Å². The van der Waals surface area contributed by atoms with Gasteiger partial charge in [-0.25, -0.2) is 0 Å². The summed E-state index contributed by atoms with van der Waals surface area (Å²) in [6.07, 6.45) is 5.55. The molecule has 0 unspecified atom stereocenters. The van der Waals surface area contributed by atoms with Crippen molar-refractivity contribution in [3.8, 4) is 5.69 Å². The second-order valence-electron chi connectivity index (χ2n) is 7.47. The Morgan fingerprint density at radius 2 is 1.81 bits per heavy atom. The van der Waals surface area contributed by atoms with Gasteiger partial charge in [0.2, 0.25) is 0 Å². The van der Waals surface area contributed by atoms with Crippen molar-refractivity contribution in [2.75, 3.05) is 11.1 Å². The molecule has 0 spiro atoms. The van der Waals surface area contributed by atoms with Crippen LogP contribution in [0, 0.1) is 3.57 Å². The van der Waals surface area contributed by atoms with E-state index in [-0.39, 0.29) is 17.8 Å². The molecule has 0 amide bonds. The highest BCUT2D eigenvalue weighted by atomic mass is 127. The molecule has 1 heterocycles. The van der Waals surface area contributed by atoms with Gasteiger partial charge < -0.3 is 10.1 Å². The van der Waals surface area contributed by atoms with E-state index < -0.39 is 0 Å². The van der Waals surface area contributed by atoms with Crippen molar-refractivity contribution < 1.29 is 9.53 Å². The van der Waals surface area contributed by atoms with Gasteiger partial charge in [-0.2, -0.15) is 0 Å². The Kier molecular flexibility index (Phi) is 7.85. The Hall–Kier alpha value is -2.07. The predicted molar refractivity (Wildman–Crippen MR) is 132 cm³/mol. The minimum atomic E-state index is -0.182. The zero-order chi connectivity index (χ0) is 21.5. The second-order valence-corrected chi connectivity index (χ2v) is 9.66. The third-order valence-corrected chi connectivity index (χ3v) is 6.80. The van der Waals surface area contributed by atoms with Crippen LogP contribution in [0.4, 0.5) is 5.69 Å². The first-order valence-corrected chi connectivity index (χ1v) is 12.6. The molecule has 6 nitrogen and oxygen atoms in total. The lowest BCUT2D eigenvalue weighted by Crippen LogP contribution is -2.22. The third-order valence-electron chi connectivity index (χ3n) is 5.18. The number of para-hydroxylation sites is 1. The molecular weight excluding hydrogens is 523 g/mol. The van der Waals surface area contributed by atoms with Crippen LogP contribution in [0.15, 0.2) is 59.8 Å². The van der Waals surface area contributed by atoms with Crippen LogP contribution in [-0.4, -0.2) is 32.6 Å². The number of hydrogen-bond acceptors (Lipinski definition) is 6. The average molecular weight is 548 g/mol. The standard InChI is InChI=1S/C23H25IN4O2S/c24-17-11-13-18(14-12-17)25-15-21-26-27-23(28(21)19-7-3-1-4-8-19)31-16-22(29)30-20-9-5-2-6-10-20/h1,3-4,7-8,11-14,20,25H,2,5-6,9-10,15-16H2. The van der Waals surface area contributed by atoms with Crippen LogP contribution in [0.3, 0.4) is 0 Å². The summed E-state index contributed by atoms with van der Waals surface area (Å²) >= 11 is 3.66. The number of rotatable bonds is 8. The number of carbonyl (C=O) groups excluding carboxylic acids is 1. The molecule has 8 heteroatoms. The van der Waals surface area contributed by atoms with E-state index in [1.54, 1.807) is 0 Å². The Labute approximate surface area is 200 Å². The molecule has 0 atom stereocenters. The van der Waals surface area contributed by atoms with Crippen molar-refractivity contribution in [2.45, 2.75) is 49.9 Å². The van der Waals surface area contributed by atoms with Crippen LogP contribution in [-0.2, 0) is 16.1 Å². The predicted octanol–water partition coefficient (Wildman–Crippen LogP) is 5.45. The van der Waals surface area contributed by atoms with Crippen LogP contribution in [0.25, 0.3) is 5.69 Å². The number of aromatic nitrogens is 3. The van der Waals surface area contributed by atoms with Gasteiger partial charge in [0.1, 0.15) is 6.10 Å². The van der Waals surface area contributed by atoms with E-state index in [2.05, 4.69) is 50.2 Å². The Morgan fingerprint density at radius 1 is 1.06 bits per heavy atom. The van der Waals surface area contributed by atoms with Gasteiger partial charge in [-0.15, -0.1) is 10.2 Å². The first-order chi connectivity index (χ1) is 15.2. The fraction of sp³-hybridized carbons (Fsp3) is 0.348. The van der Waals surface area contributed by atoms with Crippen LogP contribution in [0.2, 0.25) is 0 Å². The van der Waals surface area contributed by atoms with Gasteiger partial charge in [-0.1, -0.05) is 36.4 Å². The summed E-state index contributed by atoms with van der Waals surface area (Å²) in [4.78, 5) is 12.4. The number of ether oxygens (including phenoxy) is 1. The Balaban J connectivity index is 1.45. The zero-order valence-corrected chi connectivity index (χ0v) is 20.1. The lowest BCUT2D eigenvalue weighted by Gasteiger charge is -2.21. The maximum Gasteiger partial charge on any atom is 0.316 e. The molecule has 1 aromatic heterocycles. The number of anilines is 1. The van der Waals surface area contributed by atoms with E-state index in [4.69, 9.17) is 4.74 Å². The summed E-state index contributed by atoms with van der Waals surface area (Å²) in [5.41, 5.74) is 1.99. The summed E-state index contributed by atoms with van der Waals surface area (Å²) in [7, 11) is 0. The van der Waals surface area contributed by atoms with E-state index in [0.29, 0.717) is 11.7 Å². The van der Waals surface area contributed by atoms with E-state index in [1.165, 1.54) is 21.8 Å². The number of thioether (sulfide) groups is 1. The molecule has 1 fully saturated rings. The molecule has 1 aliphatic rings. The quantitative estimate of drug-likeness (QED) is 0.229. The van der Waals surface area contributed by atoms with Crippen molar-refractivity contribution in [1.82, 2.24) is 14.8 Å². The van der Waals surface area contributed by atoms with Gasteiger partial charge >= 0.3 is 5.97 Å². The highest BCUT2D eigenvalue weighted by Gasteiger charge is 2.20. The van der Waals surface area contributed by atoms with Gasteiger partial charge in [0.15, 0.2) is 11.0 Å². The first kappa shape index (κ1) is 22.1. The normalized spacial score (nSPS) is 14.4. The third kappa shape index (κ3) is 6.22. The SMILES string of the molecule is O=C(CSc1nnc(CNc2ccc(I)cc2)n1-c1ccccc1)OC1CCCCC1. The van der Waals surface area contributed by atoms with Gasteiger partial charge in [0, 0.05) is 14.9 Å². The fourth-order valence-corrected chi connectivity index (χ4v) is 4.73. The lowest BCUT2D eigenvalue weighted by atomic mass is 9.98. The Bertz CT molecular complexity index is 989. The summed E-state index contributed by atoms with van der Waals surface area (Å²) in [5, 5.41) is 12.8. The number of benzene rings is 2. The molecule has 1 aliphatic carbocycles. The molecule has 0 aliphatic heterocycles. The fourth-order valence-electron chi connectivity index (χ4n) is 3.62. The summed E-state index contributed by atoms with van der Waals surface area (Å²) in [6.45, 7) is 0.523. The molecule has 3 aromatic rings. The molecule has 1 saturated carbocycles. The van der Waals surface area contributed by atoms with Crippen LogP contribution < -0.4 is 5.32 Å². The second kappa shape index (κ2) is 11.0. The van der Waals surface area contributed by atoms with Crippen LogP contribution >= 0.6 is 34.4 Å². The first-order valence-electron chi connectivity index (χ1n) is 10.5. The smallest absolute Gasteiger partial charge is 0.316 e. The van der Waals surface area contributed by atoms with E-state index in [9.17, 15) is 4.79 Å². The molecule has 2 aromatic carbocycles. The number of hydrogen-bond donors (Lipinski definition) is 1. The molecule has 0 bridgehead atoms. The van der Waals surface area contributed by atoms with Crippen molar-refractivity contribution in [3.63, 3.8) is 0 Å². The largest absolute Gasteiger partial charge is 0.462 e. The van der Waals surface area contributed by atoms with Crippen molar-refractivity contribution in [1.29, 1.82) is 0 Å². The number of nitrogens with zero attached hydrogens (tertiary/aromatic N) is 3. The summed E-state index contributed by atoms with van der Waals surface area (Å²) in [5.74, 6) is 0.831. The maximum atomic E-state index is 12.4. The van der Waals surface area contributed by atoms with Crippen molar-refractivity contribution >= 4 is 46.0 Å². The molecule has 31 heavy (non-hydrogen) atoms. The van der Waals surface area contributed by atoms with Gasteiger partial charge in [0.05, 0.1) is 12.3 Å². The van der Waals surface area contributed by atoms with Crippen molar-refractivity contribution in [2.24, 2.45) is 0 Å². The summed E-state index contributed by atoms with van der Waals surface area (Å²) < 4.78 is 8.84. The number of halogens is 1. The highest BCUT2D eigenvalue weighted by molar-refractivity contribution is 14.1. The highest BCUT2D eigenvalue weighted by Crippen LogP contribution is 2.25. The molecule has 162 valence electrons. The van der Waals surface area contributed by atoms with Gasteiger partial charge in [-0.05, 0) is 84.7 Å². The maximum absolute atomic E-state index is 12.4. The van der Waals surface area contributed by atoms with Gasteiger partial charge in [-0.3, -0.25) is 9.36 Å². The number of nitrogens with one attached hydrogen (secondary N) is 1. The van der Waals surface area contributed by atoms with E-state index in [0.717, 1.165) is 42.9 Å². The monoisotopic (exact) mass is 548 g/mol. The van der Waals surface area contributed by atoms with E-state index >= 15 is 0 Å². The van der Waals surface area contributed by atoms with Crippen molar-refractivity contribution in [3.05, 3.63) is 64.0 Å². The van der Waals surface area contributed by atoms with E-state index in [1.807, 2.05) is 47.0 Å². The average Bonchev–Trinajstić information content (AvgIpc) is 3.21. The molecule has 4 rings (SSSR count). The minimum absolute atomic E-state index is 0.0718. The number of esters is 1. The Morgan fingerprint density at radius 3 is 2.55 bits per heavy atom. The van der Waals surface area contributed by atoms with Crippen LogP contribution in [0.5, 0.6) is 0 Å². The minimum Gasteiger partial charge on any atom is -0.462 e. The van der Waals surface area contributed by atoms with Gasteiger partial charge in [0.25, 0.3) is 0 Å². The molecule has 1 N–H and O–H groups in total. The molecule has 0 radical (unpaired) electrons. The molecular formula is C23H25IN4O2S. The zero-order valence-electron chi connectivity index (χ0n) is 17.2. The lowest BCUT2D eigenvalue weighted by molar-refractivity contribution is -0.147.